The highest BCUT2D eigenvalue weighted by Gasteiger charge is 2.15. The first-order valence-electron chi connectivity index (χ1n) is 6.97. The molecule has 0 bridgehead atoms. The molecule has 0 saturated heterocycles. The van der Waals surface area contributed by atoms with E-state index in [1.54, 1.807) is 13.4 Å². The topological polar surface area (TPSA) is 66.0 Å². The molecule has 108 valence electrons. The number of nitrogens with two attached hydrogens (primary N) is 1. The molecule has 2 rings (SSSR count). The molecule has 1 aromatic heterocycles. The molecule has 1 unspecified atom stereocenters. The number of hydrogen-bond acceptors (Lipinski definition) is 4. The molecule has 0 fully saturated rings. The molecular weight excluding hydrogens is 252 g/mol. The van der Waals surface area contributed by atoms with Crippen LogP contribution in [0.15, 0.2) is 30.6 Å². The quantitative estimate of drug-likeness (QED) is 0.834. The number of aryl methyl sites for hydroxylation is 1. The average molecular weight is 274 g/mol. The summed E-state index contributed by atoms with van der Waals surface area (Å²) in [5, 5.41) is 4.20. The van der Waals surface area contributed by atoms with Gasteiger partial charge in [0.2, 0.25) is 0 Å². The summed E-state index contributed by atoms with van der Waals surface area (Å²) >= 11 is 0. The van der Waals surface area contributed by atoms with E-state index < -0.39 is 0 Å². The summed E-state index contributed by atoms with van der Waals surface area (Å²) in [4.78, 5) is 4.32. The molecule has 2 N–H and O–H groups in total. The molecule has 0 aliphatic heterocycles. The Morgan fingerprint density at radius 2 is 2.10 bits per heavy atom. The first-order chi connectivity index (χ1) is 9.78. The highest BCUT2D eigenvalue weighted by atomic mass is 16.5. The third-order valence-electron chi connectivity index (χ3n) is 3.50. The van der Waals surface area contributed by atoms with Crippen LogP contribution in [0.2, 0.25) is 0 Å². The van der Waals surface area contributed by atoms with Gasteiger partial charge in [-0.3, -0.25) is 4.68 Å². The van der Waals surface area contributed by atoms with Crippen molar-refractivity contribution in [2.75, 3.05) is 13.7 Å². The Kier molecular flexibility index (Phi) is 5.12. The minimum atomic E-state index is 0.334. The minimum Gasteiger partial charge on any atom is -0.496 e. The molecule has 0 saturated carbocycles. The highest BCUT2D eigenvalue weighted by Crippen LogP contribution is 2.22. The zero-order chi connectivity index (χ0) is 14.4. The van der Waals surface area contributed by atoms with Crippen molar-refractivity contribution >= 4 is 0 Å². The summed E-state index contributed by atoms with van der Waals surface area (Å²) in [6.07, 6.45) is 3.33. The van der Waals surface area contributed by atoms with Crippen LogP contribution < -0.4 is 10.5 Å². The number of hydrogen-bond donors (Lipinski definition) is 1. The Labute approximate surface area is 119 Å². The van der Waals surface area contributed by atoms with Gasteiger partial charge in [-0.1, -0.05) is 18.2 Å². The van der Waals surface area contributed by atoms with E-state index in [-0.39, 0.29) is 0 Å². The van der Waals surface area contributed by atoms with Crippen LogP contribution in [0.5, 0.6) is 5.75 Å². The lowest BCUT2D eigenvalue weighted by Gasteiger charge is -2.16. The molecule has 5 nitrogen and oxygen atoms in total. The molecule has 5 heteroatoms. The Bertz CT molecular complexity index is 538. The van der Waals surface area contributed by atoms with Crippen molar-refractivity contribution in [2.24, 2.45) is 11.7 Å². The molecule has 20 heavy (non-hydrogen) atoms. The summed E-state index contributed by atoms with van der Waals surface area (Å²) < 4.78 is 7.32. The second-order valence-corrected chi connectivity index (χ2v) is 4.81. The Morgan fingerprint density at radius 1 is 1.30 bits per heavy atom. The molecule has 0 aliphatic carbocycles. The summed E-state index contributed by atoms with van der Waals surface area (Å²) in [5.74, 6) is 2.25. The largest absolute Gasteiger partial charge is 0.496 e. The fraction of sp³-hybridized carbons (Fsp3) is 0.467. The summed E-state index contributed by atoms with van der Waals surface area (Å²) in [6.45, 7) is 3.52. The van der Waals surface area contributed by atoms with Crippen LogP contribution in [0.1, 0.15) is 18.3 Å². The van der Waals surface area contributed by atoms with Gasteiger partial charge in [0.25, 0.3) is 0 Å². The highest BCUT2D eigenvalue weighted by molar-refractivity contribution is 5.33. The summed E-state index contributed by atoms with van der Waals surface area (Å²) in [5.41, 5.74) is 7.11. The number of aromatic nitrogens is 3. The molecule has 0 amide bonds. The van der Waals surface area contributed by atoms with Crippen molar-refractivity contribution in [1.82, 2.24) is 14.8 Å². The van der Waals surface area contributed by atoms with Crippen LogP contribution in [-0.2, 0) is 19.4 Å². The van der Waals surface area contributed by atoms with Gasteiger partial charge in [0.1, 0.15) is 17.9 Å². The van der Waals surface area contributed by atoms with E-state index in [9.17, 15) is 0 Å². The van der Waals surface area contributed by atoms with Crippen LogP contribution in [0.25, 0.3) is 0 Å². The first-order valence-corrected chi connectivity index (χ1v) is 6.97. The van der Waals surface area contributed by atoms with Gasteiger partial charge in [0.05, 0.1) is 7.11 Å². The standard InChI is InChI=1S/C15H22N4O/c1-3-19-15(17-11-18-19)9-12(10-16)8-13-6-4-5-7-14(13)20-2/h4-7,11-12H,3,8-10,16H2,1-2H3. The maximum absolute atomic E-state index is 5.92. The Balaban J connectivity index is 2.09. The number of methoxy groups -OCH3 is 1. The van der Waals surface area contributed by atoms with Crippen molar-refractivity contribution in [2.45, 2.75) is 26.3 Å². The van der Waals surface area contributed by atoms with Crippen LogP contribution in [-0.4, -0.2) is 28.4 Å². The smallest absolute Gasteiger partial charge is 0.138 e. The van der Waals surface area contributed by atoms with E-state index in [1.165, 1.54) is 5.56 Å². The SMILES string of the molecule is CCn1ncnc1CC(CN)Cc1ccccc1OC. The Morgan fingerprint density at radius 3 is 2.80 bits per heavy atom. The zero-order valence-electron chi connectivity index (χ0n) is 12.1. The van der Waals surface area contributed by atoms with Gasteiger partial charge < -0.3 is 10.5 Å². The fourth-order valence-corrected chi connectivity index (χ4v) is 2.39. The van der Waals surface area contributed by atoms with Crippen LogP contribution in [0.3, 0.4) is 0 Å². The van der Waals surface area contributed by atoms with Crippen molar-refractivity contribution in [3.63, 3.8) is 0 Å². The average Bonchev–Trinajstić information content (AvgIpc) is 2.94. The molecule has 0 aliphatic rings. The molecular formula is C15H22N4O. The van der Waals surface area contributed by atoms with E-state index in [1.807, 2.05) is 22.9 Å². The van der Waals surface area contributed by atoms with Gasteiger partial charge in [-0.05, 0) is 37.4 Å². The normalized spacial score (nSPS) is 12.3. The number of ether oxygens (including phenoxy) is 1. The third-order valence-corrected chi connectivity index (χ3v) is 3.50. The van der Waals surface area contributed by atoms with E-state index in [4.69, 9.17) is 10.5 Å². The zero-order valence-corrected chi connectivity index (χ0v) is 12.1. The number of para-hydroxylation sites is 1. The van der Waals surface area contributed by atoms with Gasteiger partial charge in [0, 0.05) is 13.0 Å². The lowest BCUT2D eigenvalue weighted by atomic mass is 9.95. The third kappa shape index (κ3) is 3.36. The van der Waals surface area contributed by atoms with Crippen LogP contribution in [0.4, 0.5) is 0 Å². The van der Waals surface area contributed by atoms with E-state index in [2.05, 4.69) is 23.1 Å². The predicted octanol–water partition coefficient (Wildman–Crippen LogP) is 1.67. The summed E-state index contributed by atoms with van der Waals surface area (Å²) in [7, 11) is 1.70. The second kappa shape index (κ2) is 7.05. The summed E-state index contributed by atoms with van der Waals surface area (Å²) in [6, 6.07) is 8.08. The molecule has 0 spiro atoms. The lowest BCUT2D eigenvalue weighted by molar-refractivity contribution is 0.402. The van der Waals surface area contributed by atoms with Crippen molar-refractivity contribution in [3.8, 4) is 5.75 Å². The van der Waals surface area contributed by atoms with E-state index in [0.717, 1.165) is 31.0 Å². The minimum absolute atomic E-state index is 0.334. The number of nitrogens with zero attached hydrogens (tertiary/aromatic N) is 3. The van der Waals surface area contributed by atoms with Crippen molar-refractivity contribution in [3.05, 3.63) is 42.0 Å². The van der Waals surface area contributed by atoms with Crippen LogP contribution in [0, 0.1) is 5.92 Å². The fourth-order valence-electron chi connectivity index (χ4n) is 2.39. The molecule has 1 aromatic carbocycles. The predicted molar refractivity (Wildman–Crippen MR) is 78.6 cm³/mol. The maximum atomic E-state index is 5.92. The first kappa shape index (κ1) is 14.5. The molecule has 2 aromatic rings. The molecule has 0 radical (unpaired) electrons. The van der Waals surface area contributed by atoms with Gasteiger partial charge in [-0.15, -0.1) is 0 Å². The van der Waals surface area contributed by atoms with Crippen molar-refractivity contribution < 1.29 is 4.74 Å². The number of rotatable bonds is 7. The van der Waals surface area contributed by atoms with Gasteiger partial charge in [0.15, 0.2) is 0 Å². The van der Waals surface area contributed by atoms with E-state index in [0.29, 0.717) is 12.5 Å². The van der Waals surface area contributed by atoms with Gasteiger partial charge in [-0.25, -0.2) is 4.98 Å². The maximum Gasteiger partial charge on any atom is 0.138 e. The Hall–Kier alpha value is -1.88. The van der Waals surface area contributed by atoms with Crippen LogP contribution >= 0.6 is 0 Å². The molecule has 1 heterocycles. The number of benzene rings is 1. The molecule has 1 atom stereocenters. The monoisotopic (exact) mass is 274 g/mol. The van der Waals surface area contributed by atoms with E-state index >= 15 is 0 Å². The van der Waals surface area contributed by atoms with Crippen molar-refractivity contribution in [1.29, 1.82) is 0 Å². The van der Waals surface area contributed by atoms with Gasteiger partial charge >= 0.3 is 0 Å². The lowest BCUT2D eigenvalue weighted by Crippen LogP contribution is -2.21. The second-order valence-electron chi connectivity index (χ2n) is 4.81. The van der Waals surface area contributed by atoms with Gasteiger partial charge in [-0.2, -0.15) is 5.10 Å².